The van der Waals surface area contributed by atoms with Gasteiger partial charge in [0.05, 0.1) is 11.4 Å². The van der Waals surface area contributed by atoms with E-state index < -0.39 is 0 Å². The van der Waals surface area contributed by atoms with Crippen molar-refractivity contribution in [2.45, 2.75) is 26.2 Å². The molecular weight excluding hydrogens is 340 g/mol. The van der Waals surface area contributed by atoms with Crippen molar-refractivity contribution in [3.8, 4) is 33.6 Å². The van der Waals surface area contributed by atoms with Crippen LogP contribution in [0.5, 0.6) is 0 Å². The number of nitrogens with zero attached hydrogens (tertiary/aromatic N) is 2. The molecule has 2 heteroatoms. The molecule has 0 bridgehead atoms. The average molecular weight is 362 g/mol. The molecule has 0 N–H and O–H groups in total. The first-order valence-electron chi connectivity index (χ1n) is 9.70. The van der Waals surface area contributed by atoms with Gasteiger partial charge in [0.25, 0.3) is 0 Å². The average Bonchev–Trinajstić information content (AvgIpc) is 2.95. The van der Waals surface area contributed by atoms with Gasteiger partial charge >= 0.3 is 0 Å². The molecular formula is C26H22N2. The number of rotatable bonds is 2. The molecule has 1 aliphatic carbocycles. The van der Waals surface area contributed by atoms with Gasteiger partial charge in [-0.2, -0.15) is 0 Å². The van der Waals surface area contributed by atoms with E-state index in [1.165, 1.54) is 22.3 Å². The van der Waals surface area contributed by atoms with Crippen molar-refractivity contribution in [3.05, 3.63) is 95.8 Å². The maximum Gasteiger partial charge on any atom is 0.126 e. The second-order valence-corrected chi connectivity index (χ2v) is 7.98. The summed E-state index contributed by atoms with van der Waals surface area (Å²) in [6.45, 7) is 6.58. The van der Waals surface area contributed by atoms with Crippen LogP contribution in [-0.2, 0) is 5.41 Å². The first-order chi connectivity index (χ1) is 13.5. The van der Waals surface area contributed by atoms with E-state index in [-0.39, 0.29) is 5.41 Å². The molecule has 0 amide bonds. The summed E-state index contributed by atoms with van der Waals surface area (Å²) >= 11 is 0. The highest BCUT2D eigenvalue weighted by molar-refractivity contribution is 5.83. The number of hydrogen-bond donors (Lipinski definition) is 0. The lowest BCUT2D eigenvalue weighted by Crippen LogP contribution is -2.14. The summed E-state index contributed by atoms with van der Waals surface area (Å²) < 4.78 is 0. The SMILES string of the molecule is Cc1nc(-c2ccccc2)cc(-c2ccc3c(c2)C(C)(C)c2ccccc2-3)n1. The third-order valence-corrected chi connectivity index (χ3v) is 5.79. The molecule has 0 fully saturated rings. The molecule has 2 nitrogen and oxygen atoms in total. The summed E-state index contributed by atoms with van der Waals surface area (Å²) in [6.07, 6.45) is 0. The Hall–Kier alpha value is -3.26. The van der Waals surface area contributed by atoms with E-state index in [9.17, 15) is 0 Å². The van der Waals surface area contributed by atoms with Crippen LogP contribution < -0.4 is 0 Å². The van der Waals surface area contributed by atoms with E-state index in [0.29, 0.717) is 0 Å². The molecule has 28 heavy (non-hydrogen) atoms. The fourth-order valence-electron chi connectivity index (χ4n) is 4.34. The second kappa shape index (κ2) is 6.13. The zero-order valence-electron chi connectivity index (χ0n) is 16.4. The van der Waals surface area contributed by atoms with E-state index in [1.54, 1.807) is 0 Å². The Morgan fingerprint density at radius 3 is 2.04 bits per heavy atom. The van der Waals surface area contributed by atoms with Crippen LogP contribution >= 0.6 is 0 Å². The zero-order chi connectivity index (χ0) is 19.3. The number of benzene rings is 3. The molecule has 0 unspecified atom stereocenters. The van der Waals surface area contributed by atoms with Crippen molar-refractivity contribution in [1.82, 2.24) is 9.97 Å². The highest BCUT2D eigenvalue weighted by Crippen LogP contribution is 2.49. The molecule has 1 heterocycles. The Morgan fingerprint density at radius 1 is 0.607 bits per heavy atom. The maximum absolute atomic E-state index is 4.74. The molecule has 4 aromatic rings. The van der Waals surface area contributed by atoms with E-state index >= 15 is 0 Å². The lowest BCUT2D eigenvalue weighted by molar-refractivity contribution is 0.660. The van der Waals surface area contributed by atoms with E-state index in [4.69, 9.17) is 4.98 Å². The summed E-state index contributed by atoms with van der Waals surface area (Å²) in [6, 6.07) is 27.9. The summed E-state index contributed by atoms with van der Waals surface area (Å²) in [5, 5.41) is 0. The minimum absolute atomic E-state index is 0.00767. The Morgan fingerprint density at radius 2 is 1.25 bits per heavy atom. The van der Waals surface area contributed by atoms with Crippen LogP contribution in [0.3, 0.4) is 0 Å². The standard InChI is InChI=1S/C26H22N2/c1-17-27-24(18-9-5-4-6-10-18)16-25(28-17)19-13-14-21-20-11-7-8-12-22(20)26(2,3)23(21)15-19/h4-16H,1-3H3. The van der Waals surface area contributed by atoms with Crippen molar-refractivity contribution in [2.24, 2.45) is 0 Å². The molecule has 0 aliphatic heterocycles. The minimum atomic E-state index is -0.00767. The summed E-state index contributed by atoms with van der Waals surface area (Å²) in [5.41, 5.74) is 9.62. The number of aromatic nitrogens is 2. The van der Waals surface area contributed by atoms with Gasteiger partial charge in [-0.1, -0.05) is 80.6 Å². The van der Waals surface area contributed by atoms with Crippen molar-refractivity contribution >= 4 is 0 Å². The van der Waals surface area contributed by atoms with Gasteiger partial charge in [-0.3, -0.25) is 0 Å². The Labute approximate surface area is 165 Å². The first-order valence-corrected chi connectivity index (χ1v) is 9.70. The van der Waals surface area contributed by atoms with Crippen LogP contribution in [0.15, 0.2) is 78.9 Å². The van der Waals surface area contributed by atoms with Gasteiger partial charge in [0.2, 0.25) is 0 Å². The van der Waals surface area contributed by atoms with Gasteiger partial charge in [0.15, 0.2) is 0 Å². The molecule has 0 radical (unpaired) electrons. The second-order valence-electron chi connectivity index (χ2n) is 7.98. The summed E-state index contributed by atoms with van der Waals surface area (Å²) in [4.78, 5) is 9.39. The lowest BCUT2D eigenvalue weighted by atomic mass is 9.82. The van der Waals surface area contributed by atoms with Crippen molar-refractivity contribution in [2.75, 3.05) is 0 Å². The third-order valence-electron chi connectivity index (χ3n) is 5.79. The Kier molecular flexibility index (Phi) is 3.70. The summed E-state index contributed by atoms with van der Waals surface area (Å²) in [7, 11) is 0. The quantitative estimate of drug-likeness (QED) is 0.411. The van der Waals surface area contributed by atoms with Gasteiger partial charge in [0.1, 0.15) is 5.82 Å². The highest BCUT2D eigenvalue weighted by atomic mass is 14.9. The third kappa shape index (κ3) is 2.56. The number of hydrogen-bond acceptors (Lipinski definition) is 2. The Balaban J connectivity index is 1.65. The molecule has 1 aliphatic rings. The topological polar surface area (TPSA) is 25.8 Å². The van der Waals surface area contributed by atoms with Crippen LogP contribution in [-0.4, -0.2) is 9.97 Å². The normalized spacial score (nSPS) is 13.8. The van der Waals surface area contributed by atoms with Crippen molar-refractivity contribution in [1.29, 1.82) is 0 Å². The number of aryl methyl sites for hydroxylation is 1. The minimum Gasteiger partial charge on any atom is -0.233 e. The fraction of sp³-hybridized carbons (Fsp3) is 0.154. The molecule has 0 spiro atoms. The van der Waals surface area contributed by atoms with E-state index in [0.717, 1.165) is 28.3 Å². The van der Waals surface area contributed by atoms with Crippen molar-refractivity contribution in [3.63, 3.8) is 0 Å². The smallest absolute Gasteiger partial charge is 0.126 e. The van der Waals surface area contributed by atoms with Crippen LogP contribution in [0.2, 0.25) is 0 Å². The van der Waals surface area contributed by atoms with Crippen molar-refractivity contribution < 1.29 is 0 Å². The molecule has 3 aromatic carbocycles. The van der Waals surface area contributed by atoms with Gasteiger partial charge in [0, 0.05) is 16.5 Å². The molecule has 136 valence electrons. The highest BCUT2D eigenvalue weighted by Gasteiger charge is 2.35. The van der Waals surface area contributed by atoms with E-state index in [2.05, 4.69) is 79.5 Å². The zero-order valence-corrected chi connectivity index (χ0v) is 16.4. The van der Waals surface area contributed by atoms with Crippen LogP contribution in [0.4, 0.5) is 0 Å². The Bertz CT molecular complexity index is 1190. The largest absolute Gasteiger partial charge is 0.233 e. The predicted octanol–water partition coefficient (Wildman–Crippen LogP) is 6.43. The summed E-state index contributed by atoms with van der Waals surface area (Å²) in [5.74, 6) is 0.791. The van der Waals surface area contributed by atoms with Gasteiger partial charge in [-0.05, 0) is 41.3 Å². The van der Waals surface area contributed by atoms with E-state index in [1.807, 2.05) is 25.1 Å². The fourth-order valence-corrected chi connectivity index (χ4v) is 4.34. The maximum atomic E-state index is 4.74. The first kappa shape index (κ1) is 16.9. The molecule has 0 saturated carbocycles. The molecule has 1 aromatic heterocycles. The van der Waals surface area contributed by atoms with Crippen LogP contribution in [0.25, 0.3) is 33.6 Å². The van der Waals surface area contributed by atoms with Crippen LogP contribution in [0, 0.1) is 6.92 Å². The molecule has 5 rings (SSSR count). The van der Waals surface area contributed by atoms with Crippen LogP contribution in [0.1, 0.15) is 30.8 Å². The van der Waals surface area contributed by atoms with Gasteiger partial charge < -0.3 is 0 Å². The lowest BCUT2D eigenvalue weighted by Gasteiger charge is -2.22. The van der Waals surface area contributed by atoms with Gasteiger partial charge in [-0.25, -0.2) is 9.97 Å². The van der Waals surface area contributed by atoms with Gasteiger partial charge in [-0.15, -0.1) is 0 Å². The molecule has 0 saturated heterocycles. The molecule has 0 atom stereocenters. The predicted molar refractivity (Wildman–Crippen MR) is 115 cm³/mol. The number of fused-ring (bicyclic) bond motifs is 3. The monoisotopic (exact) mass is 362 g/mol.